The molecule has 1 aliphatic rings. The van der Waals surface area contributed by atoms with E-state index in [1.807, 2.05) is 6.08 Å². The van der Waals surface area contributed by atoms with Crippen molar-refractivity contribution in [1.29, 1.82) is 0 Å². The van der Waals surface area contributed by atoms with Gasteiger partial charge in [-0.2, -0.15) is 0 Å². The van der Waals surface area contributed by atoms with Gasteiger partial charge in [0, 0.05) is 0 Å². The summed E-state index contributed by atoms with van der Waals surface area (Å²) in [5, 5.41) is 11.9. The van der Waals surface area contributed by atoms with Crippen LogP contribution in [0, 0.1) is 23.6 Å². The van der Waals surface area contributed by atoms with Gasteiger partial charge in [-0.3, -0.25) is 9.59 Å². The van der Waals surface area contributed by atoms with Crippen molar-refractivity contribution in [3.05, 3.63) is 41.2 Å². The maximum atomic E-state index is 13.0. The Labute approximate surface area is 126 Å². The zero-order valence-corrected chi connectivity index (χ0v) is 12.1. The Morgan fingerprint density at radius 3 is 2.76 bits per heavy atom. The highest BCUT2D eigenvalue weighted by Crippen LogP contribution is 2.32. The molecule has 1 aromatic carbocycles. The number of allylic oxidation sites excluding steroid dienone is 2. The third-order valence-electron chi connectivity index (χ3n) is 3.64. The Bertz CT molecular complexity index is 603. The third kappa shape index (κ3) is 3.42. The third-order valence-corrected chi connectivity index (χ3v) is 3.95. The molecule has 0 radical (unpaired) electrons. The summed E-state index contributed by atoms with van der Waals surface area (Å²) >= 11 is 5.86. The minimum atomic E-state index is -1.00. The molecule has 21 heavy (non-hydrogen) atoms. The minimum Gasteiger partial charge on any atom is -0.481 e. The first-order chi connectivity index (χ1) is 9.90. The van der Waals surface area contributed by atoms with Crippen molar-refractivity contribution in [3.63, 3.8) is 0 Å². The maximum absolute atomic E-state index is 13.0. The molecule has 0 spiro atoms. The molecule has 0 heterocycles. The Kier molecular flexibility index (Phi) is 4.63. The standard InChI is InChI=1S/C15H15ClFNO3/c1-8-3-2-4-10(15(20)21)13(8)14(19)18-12-6-5-9(17)7-11(12)16/h2-3,5-8,10,13H,4H2,1H3,(H,18,19)(H,20,21). The number of amides is 1. The van der Waals surface area contributed by atoms with Crippen LogP contribution in [0.25, 0.3) is 0 Å². The highest BCUT2D eigenvalue weighted by Gasteiger charge is 2.38. The fourth-order valence-corrected chi connectivity index (χ4v) is 2.77. The predicted octanol–water partition coefficient (Wildman–Crippen LogP) is 3.33. The molecular formula is C15H15ClFNO3. The fourth-order valence-electron chi connectivity index (χ4n) is 2.56. The van der Waals surface area contributed by atoms with Gasteiger partial charge < -0.3 is 10.4 Å². The molecule has 0 bridgehead atoms. The molecule has 0 saturated carbocycles. The molecule has 0 aromatic heterocycles. The lowest BCUT2D eigenvalue weighted by atomic mass is 9.76. The van der Waals surface area contributed by atoms with Crippen molar-refractivity contribution in [2.24, 2.45) is 17.8 Å². The summed E-state index contributed by atoms with van der Waals surface area (Å²) in [4.78, 5) is 23.7. The van der Waals surface area contributed by atoms with Crippen molar-refractivity contribution in [1.82, 2.24) is 0 Å². The quantitative estimate of drug-likeness (QED) is 0.841. The van der Waals surface area contributed by atoms with Crippen LogP contribution in [0.3, 0.4) is 0 Å². The number of hydrogen-bond acceptors (Lipinski definition) is 2. The fraction of sp³-hybridized carbons (Fsp3) is 0.333. The lowest BCUT2D eigenvalue weighted by Gasteiger charge is -2.29. The topological polar surface area (TPSA) is 66.4 Å². The Balaban J connectivity index is 2.21. The molecule has 2 N–H and O–H groups in total. The monoisotopic (exact) mass is 311 g/mol. The van der Waals surface area contributed by atoms with Gasteiger partial charge in [0.15, 0.2) is 0 Å². The van der Waals surface area contributed by atoms with E-state index in [0.717, 1.165) is 6.07 Å². The van der Waals surface area contributed by atoms with Gasteiger partial charge in [-0.25, -0.2) is 4.39 Å². The largest absolute Gasteiger partial charge is 0.481 e. The molecule has 2 rings (SSSR count). The van der Waals surface area contributed by atoms with Crippen LogP contribution < -0.4 is 5.32 Å². The number of nitrogens with one attached hydrogen (secondary N) is 1. The van der Waals surface area contributed by atoms with Crippen LogP contribution in [-0.4, -0.2) is 17.0 Å². The number of benzene rings is 1. The van der Waals surface area contributed by atoms with Crippen LogP contribution in [0.5, 0.6) is 0 Å². The van der Waals surface area contributed by atoms with Crippen molar-refractivity contribution >= 4 is 29.2 Å². The first-order valence-corrected chi connectivity index (χ1v) is 6.93. The van der Waals surface area contributed by atoms with Gasteiger partial charge in [0.25, 0.3) is 0 Å². The summed E-state index contributed by atoms with van der Waals surface area (Å²) in [6, 6.07) is 3.63. The van der Waals surface area contributed by atoms with E-state index in [0.29, 0.717) is 6.42 Å². The summed E-state index contributed by atoms with van der Waals surface area (Å²) in [5.41, 5.74) is 0.272. The molecule has 3 atom stereocenters. The van der Waals surface area contributed by atoms with Crippen LogP contribution in [0.15, 0.2) is 30.4 Å². The normalized spacial score (nSPS) is 24.6. The summed E-state index contributed by atoms with van der Waals surface area (Å²) in [7, 11) is 0. The summed E-state index contributed by atoms with van der Waals surface area (Å²) < 4.78 is 13.0. The van der Waals surface area contributed by atoms with E-state index in [1.165, 1.54) is 12.1 Å². The summed E-state index contributed by atoms with van der Waals surface area (Å²) in [6.07, 6.45) is 3.92. The number of hydrogen-bond donors (Lipinski definition) is 2. The Hall–Kier alpha value is -1.88. The van der Waals surface area contributed by atoms with Gasteiger partial charge in [0.05, 0.1) is 22.5 Å². The number of carbonyl (C=O) groups is 2. The van der Waals surface area contributed by atoms with E-state index in [2.05, 4.69) is 5.32 Å². The molecule has 6 heteroatoms. The maximum Gasteiger partial charge on any atom is 0.307 e. The number of carboxylic acids is 1. The molecule has 1 aromatic rings. The van der Waals surface area contributed by atoms with Crippen molar-refractivity contribution in [2.45, 2.75) is 13.3 Å². The molecular weight excluding hydrogens is 297 g/mol. The van der Waals surface area contributed by atoms with Gasteiger partial charge in [-0.1, -0.05) is 30.7 Å². The Morgan fingerprint density at radius 2 is 2.14 bits per heavy atom. The second kappa shape index (κ2) is 6.26. The van der Waals surface area contributed by atoms with Crippen LogP contribution in [-0.2, 0) is 9.59 Å². The van der Waals surface area contributed by atoms with E-state index >= 15 is 0 Å². The van der Waals surface area contributed by atoms with Gasteiger partial charge in [-0.05, 0) is 30.5 Å². The highest BCUT2D eigenvalue weighted by atomic mass is 35.5. The van der Waals surface area contributed by atoms with E-state index in [-0.39, 0.29) is 16.6 Å². The number of halogens is 2. The predicted molar refractivity (Wildman–Crippen MR) is 77.6 cm³/mol. The van der Waals surface area contributed by atoms with E-state index in [4.69, 9.17) is 11.6 Å². The second-order valence-corrected chi connectivity index (χ2v) is 5.51. The first kappa shape index (κ1) is 15.5. The van der Waals surface area contributed by atoms with Crippen molar-refractivity contribution < 1.29 is 19.1 Å². The second-order valence-electron chi connectivity index (χ2n) is 5.11. The molecule has 1 aliphatic carbocycles. The zero-order valence-electron chi connectivity index (χ0n) is 11.3. The molecule has 0 fully saturated rings. The van der Waals surface area contributed by atoms with Crippen molar-refractivity contribution in [3.8, 4) is 0 Å². The number of aliphatic carboxylic acids is 1. The van der Waals surface area contributed by atoms with Crippen LogP contribution in [0.4, 0.5) is 10.1 Å². The average molecular weight is 312 g/mol. The molecule has 0 saturated heterocycles. The van der Waals surface area contributed by atoms with Crippen LogP contribution >= 0.6 is 11.6 Å². The van der Waals surface area contributed by atoms with Gasteiger partial charge in [0.1, 0.15) is 5.82 Å². The first-order valence-electron chi connectivity index (χ1n) is 6.55. The zero-order chi connectivity index (χ0) is 15.6. The molecule has 1 amide bonds. The lowest BCUT2D eigenvalue weighted by molar-refractivity contribution is -0.147. The van der Waals surface area contributed by atoms with Gasteiger partial charge in [0.2, 0.25) is 5.91 Å². The number of rotatable bonds is 3. The lowest BCUT2D eigenvalue weighted by Crippen LogP contribution is -2.39. The van der Waals surface area contributed by atoms with Crippen LogP contribution in [0.1, 0.15) is 13.3 Å². The molecule has 3 unspecified atom stereocenters. The van der Waals surface area contributed by atoms with Gasteiger partial charge in [-0.15, -0.1) is 0 Å². The smallest absolute Gasteiger partial charge is 0.307 e. The molecule has 112 valence electrons. The summed E-state index contributed by atoms with van der Waals surface area (Å²) in [5.74, 6) is -3.59. The number of anilines is 1. The summed E-state index contributed by atoms with van der Waals surface area (Å²) in [6.45, 7) is 1.79. The SMILES string of the molecule is CC1C=CCC(C(=O)O)C1C(=O)Nc1ccc(F)cc1Cl. The minimum absolute atomic E-state index is 0.0780. The van der Waals surface area contributed by atoms with E-state index in [1.54, 1.807) is 13.0 Å². The van der Waals surface area contributed by atoms with Crippen LogP contribution in [0.2, 0.25) is 5.02 Å². The average Bonchev–Trinajstić information content (AvgIpc) is 2.41. The highest BCUT2D eigenvalue weighted by molar-refractivity contribution is 6.33. The number of carbonyl (C=O) groups excluding carboxylic acids is 1. The van der Waals surface area contributed by atoms with Gasteiger partial charge >= 0.3 is 5.97 Å². The molecule has 4 nitrogen and oxygen atoms in total. The Morgan fingerprint density at radius 1 is 1.43 bits per heavy atom. The number of carboxylic acid groups (broad SMARTS) is 1. The van der Waals surface area contributed by atoms with Crippen molar-refractivity contribution in [2.75, 3.05) is 5.32 Å². The van der Waals surface area contributed by atoms with E-state index < -0.39 is 29.5 Å². The molecule has 0 aliphatic heterocycles. The van der Waals surface area contributed by atoms with E-state index in [9.17, 15) is 19.1 Å².